The maximum atomic E-state index is 5.93. The second-order valence-electron chi connectivity index (χ2n) is 2.76. The monoisotopic (exact) mass is 259 g/mol. The minimum atomic E-state index is 0.107. The van der Waals surface area contributed by atoms with Gasteiger partial charge in [-0.1, -0.05) is 33.6 Å². The van der Waals surface area contributed by atoms with Crippen LogP contribution in [0.25, 0.3) is 11.1 Å². The van der Waals surface area contributed by atoms with Crippen LogP contribution in [0.3, 0.4) is 0 Å². The van der Waals surface area contributed by atoms with Crippen molar-refractivity contribution < 1.29 is 4.42 Å². The minimum Gasteiger partial charge on any atom is -0.438 e. The molecule has 68 valence electrons. The zero-order valence-electron chi connectivity index (χ0n) is 6.92. The Kier molecular flexibility index (Phi) is 2.30. The number of nitrogens with zero attached hydrogens (tertiary/aromatic N) is 1. The number of alkyl halides is 1. The molecule has 1 heterocycles. The molecule has 0 bridgehead atoms. The van der Waals surface area contributed by atoms with Crippen molar-refractivity contribution in [3.05, 3.63) is 29.1 Å². The van der Waals surface area contributed by atoms with Crippen molar-refractivity contribution in [1.29, 1.82) is 0 Å². The first-order valence-corrected chi connectivity index (χ1v) is 5.17. The third kappa shape index (κ3) is 1.58. The molecule has 0 aliphatic heterocycles. The van der Waals surface area contributed by atoms with Gasteiger partial charge in [-0.05, 0) is 19.1 Å². The van der Waals surface area contributed by atoms with Crippen LogP contribution in [0.15, 0.2) is 22.6 Å². The van der Waals surface area contributed by atoms with Crippen molar-refractivity contribution in [2.75, 3.05) is 0 Å². The van der Waals surface area contributed by atoms with Gasteiger partial charge in [-0.3, -0.25) is 0 Å². The van der Waals surface area contributed by atoms with E-state index in [-0.39, 0.29) is 4.83 Å². The first kappa shape index (κ1) is 9.03. The van der Waals surface area contributed by atoms with Gasteiger partial charge < -0.3 is 4.42 Å². The quantitative estimate of drug-likeness (QED) is 0.726. The average molecular weight is 261 g/mol. The number of oxazole rings is 1. The SMILES string of the molecule is CC(Br)c1nc2cccc(Cl)c2o1. The molecule has 0 saturated heterocycles. The van der Waals surface area contributed by atoms with Gasteiger partial charge in [-0.25, -0.2) is 4.98 Å². The minimum absolute atomic E-state index is 0.107. The van der Waals surface area contributed by atoms with E-state index >= 15 is 0 Å². The molecule has 0 aliphatic rings. The van der Waals surface area contributed by atoms with Crippen molar-refractivity contribution in [2.24, 2.45) is 0 Å². The number of rotatable bonds is 1. The van der Waals surface area contributed by atoms with Crippen LogP contribution in [0.4, 0.5) is 0 Å². The summed E-state index contributed by atoms with van der Waals surface area (Å²) in [5.74, 6) is 0.656. The lowest BCUT2D eigenvalue weighted by atomic mass is 10.3. The molecule has 0 fully saturated rings. The van der Waals surface area contributed by atoms with Crippen LogP contribution >= 0.6 is 27.5 Å². The summed E-state index contributed by atoms with van der Waals surface area (Å²) in [5, 5.41) is 0.601. The molecule has 4 heteroatoms. The number of benzene rings is 1. The highest BCUT2D eigenvalue weighted by Gasteiger charge is 2.11. The maximum absolute atomic E-state index is 5.93. The van der Waals surface area contributed by atoms with E-state index in [0.29, 0.717) is 16.5 Å². The zero-order valence-corrected chi connectivity index (χ0v) is 9.26. The topological polar surface area (TPSA) is 26.0 Å². The first-order valence-electron chi connectivity index (χ1n) is 3.87. The number of hydrogen-bond donors (Lipinski definition) is 0. The molecule has 1 unspecified atom stereocenters. The number of para-hydroxylation sites is 1. The summed E-state index contributed by atoms with van der Waals surface area (Å²) in [6, 6.07) is 5.53. The van der Waals surface area contributed by atoms with Crippen molar-refractivity contribution in [2.45, 2.75) is 11.8 Å². The molecule has 1 aromatic heterocycles. The van der Waals surface area contributed by atoms with Crippen molar-refractivity contribution in [1.82, 2.24) is 4.98 Å². The second-order valence-corrected chi connectivity index (χ2v) is 4.54. The molecule has 0 saturated carbocycles. The summed E-state index contributed by atoms with van der Waals surface area (Å²) in [6.07, 6.45) is 0. The Bertz CT molecular complexity index is 438. The van der Waals surface area contributed by atoms with Gasteiger partial charge in [-0.2, -0.15) is 0 Å². The largest absolute Gasteiger partial charge is 0.438 e. The smallest absolute Gasteiger partial charge is 0.209 e. The summed E-state index contributed by atoms with van der Waals surface area (Å²) >= 11 is 9.31. The van der Waals surface area contributed by atoms with Gasteiger partial charge >= 0.3 is 0 Å². The van der Waals surface area contributed by atoms with Gasteiger partial charge in [0.2, 0.25) is 5.89 Å². The van der Waals surface area contributed by atoms with E-state index < -0.39 is 0 Å². The van der Waals surface area contributed by atoms with Gasteiger partial charge in [0.15, 0.2) is 5.58 Å². The maximum Gasteiger partial charge on any atom is 0.209 e. The van der Waals surface area contributed by atoms with E-state index in [9.17, 15) is 0 Å². The average Bonchev–Trinajstić information content (AvgIpc) is 2.49. The van der Waals surface area contributed by atoms with Crippen molar-refractivity contribution >= 4 is 38.6 Å². The molecule has 1 atom stereocenters. The normalized spacial score (nSPS) is 13.5. The lowest BCUT2D eigenvalue weighted by molar-refractivity contribution is 0.536. The highest BCUT2D eigenvalue weighted by Crippen LogP contribution is 2.29. The molecular formula is C9H7BrClNO. The molecule has 2 nitrogen and oxygen atoms in total. The third-order valence-corrected chi connectivity index (χ3v) is 2.41. The van der Waals surface area contributed by atoms with Crippen LogP contribution in [-0.2, 0) is 0 Å². The van der Waals surface area contributed by atoms with Gasteiger partial charge in [0.25, 0.3) is 0 Å². The fraction of sp³-hybridized carbons (Fsp3) is 0.222. The molecule has 0 spiro atoms. The highest BCUT2D eigenvalue weighted by atomic mass is 79.9. The summed E-state index contributed by atoms with van der Waals surface area (Å²) in [6.45, 7) is 1.96. The molecule has 0 N–H and O–H groups in total. The lowest BCUT2D eigenvalue weighted by Crippen LogP contribution is -1.80. The van der Waals surface area contributed by atoms with Crippen LogP contribution in [-0.4, -0.2) is 4.98 Å². The second kappa shape index (κ2) is 3.31. The molecule has 0 amide bonds. The number of fused-ring (bicyclic) bond motifs is 1. The molecular weight excluding hydrogens is 253 g/mol. The van der Waals surface area contributed by atoms with E-state index in [1.807, 2.05) is 19.1 Å². The Morgan fingerprint density at radius 3 is 2.92 bits per heavy atom. The van der Waals surface area contributed by atoms with Crippen LogP contribution in [0.2, 0.25) is 5.02 Å². The molecule has 1 aromatic carbocycles. The van der Waals surface area contributed by atoms with Crippen molar-refractivity contribution in [3.63, 3.8) is 0 Å². The van der Waals surface area contributed by atoms with Crippen molar-refractivity contribution in [3.8, 4) is 0 Å². The van der Waals surface area contributed by atoms with Crippen LogP contribution in [0.1, 0.15) is 17.6 Å². The lowest BCUT2D eigenvalue weighted by Gasteiger charge is -1.92. The first-order chi connectivity index (χ1) is 6.18. The molecule has 0 aliphatic carbocycles. The summed E-state index contributed by atoms with van der Waals surface area (Å²) in [4.78, 5) is 4.38. The Labute approximate surface area is 89.0 Å². The molecule has 0 radical (unpaired) electrons. The molecule has 13 heavy (non-hydrogen) atoms. The summed E-state index contributed by atoms with van der Waals surface area (Å²) in [5.41, 5.74) is 1.46. The number of aromatic nitrogens is 1. The zero-order chi connectivity index (χ0) is 9.42. The fourth-order valence-corrected chi connectivity index (χ4v) is 1.51. The van der Waals surface area contributed by atoms with Gasteiger partial charge in [0.1, 0.15) is 5.52 Å². The highest BCUT2D eigenvalue weighted by molar-refractivity contribution is 9.09. The Morgan fingerprint density at radius 1 is 1.54 bits per heavy atom. The fourth-order valence-electron chi connectivity index (χ4n) is 1.10. The van der Waals surface area contributed by atoms with Crippen LogP contribution in [0.5, 0.6) is 0 Å². The Hall–Kier alpha value is -0.540. The van der Waals surface area contributed by atoms with Crippen LogP contribution in [0, 0.1) is 0 Å². The summed E-state index contributed by atoms with van der Waals surface area (Å²) in [7, 11) is 0. The van der Waals surface area contributed by atoms with E-state index in [4.69, 9.17) is 16.0 Å². The van der Waals surface area contributed by atoms with Gasteiger partial charge in [0.05, 0.1) is 9.85 Å². The van der Waals surface area contributed by atoms with Gasteiger partial charge in [-0.15, -0.1) is 0 Å². The molecule has 2 rings (SSSR count). The summed E-state index contributed by atoms with van der Waals surface area (Å²) < 4.78 is 5.47. The van der Waals surface area contributed by atoms with E-state index in [2.05, 4.69) is 20.9 Å². The van der Waals surface area contributed by atoms with Gasteiger partial charge in [0, 0.05) is 0 Å². The standard InChI is InChI=1S/C9H7BrClNO/c1-5(10)9-12-7-4-2-3-6(11)8(7)13-9/h2-5H,1H3. The Morgan fingerprint density at radius 2 is 2.31 bits per heavy atom. The third-order valence-electron chi connectivity index (χ3n) is 1.72. The number of hydrogen-bond acceptors (Lipinski definition) is 2. The predicted octanol–water partition coefficient (Wildman–Crippen LogP) is 3.94. The molecule has 2 aromatic rings. The predicted molar refractivity (Wildman–Crippen MR) is 56.4 cm³/mol. The Balaban J connectivity index is 2.68. The van der Waals surface area contributed by atoms with Crippen LogP contribution < -0.4 is 0 Å². The van der Waals surface area contributed by atoms with E-state index in [0.717, 1.165) is 5.52 Å². The van der Waals surface area contributed by atoms with E-state index in [1.165, 1.54) is 0 Å². The van der Waals surface area contributed by atoms with E-state index in [1.54, 1.807) is 6.07 Å². The number of halogens is 2.